The number of hydrogen-bond donors (Lipinski definition) is 1. The number of nitrogens with one attached hydrogen (secondary N) is 1. The number of aryl methyl sites for hydroxylation is 2. The molecule has 2 heterocycles. The van der Waals surface area contributed by atoms with Crippen molar-refractivity contribution < 1.29 is 0 Å². The van der Waals surface area contributed by atoms with Gasteiger partial charge in [0.25, 0.3) is 0 Å². The van der Waals surface area contributed by atoms with E-state index in [-0.39, 0.29) is 0 Å². The molecular formula is C15H27ClN4. The van der Waals surface area contributed by atoms with Crippen LogP contribution in [-0.4, -0.2) is 39.9 Å². The second-order valence-corrected chi connectivity index (χ2v) is 6.52. The van der Waals surface area contributed by atoms with Gasteiger partial charge in [0.2, 0.25) is 0 Å². The monoisotopic (exact) mass is 298 g/mol. The van der Waals surface area contributed by atoms with Crippen LogP contribution in [0.5, 0.6) is 0 Å². The first kappa shape index (κ1) is 15.8. The van der Waals surface area contributed by atoms with Crippen molar-refractivity contribution in [1.29, 1.82) is 0 Å². The fourth-order valence-corrected chi connectivity index (χ4v) is 3.08. The van der Waals surface area contributed by atoms with E-state index >= 15 is 0 Å². The van der Waals surface area contributed by atoms with Gasteiger partial charge in [-0.15, -0.1) is 0 Å². The maximum absolute atomic E-state index is 6.38. The molecule has 0 aromatic carbocycles. The highest BCUT2D eigenvalue weighted by molar-refractivity contribution is 6.31. The molecule has 0 radical (unpaired) electrons. The molecular weight excluding hydrogens is 272 g/mol. The Morgan fingerprint density at radius 2 is 2.20 bits per heavy atom. The lowest BCUT2D eigenvalue weighted by atomic mass is 10.0. The summed E-state index contributed by atoms with van der Waals surface area (Å²) in [6.07, 6.45) is 3.93. The summed E-state index contributed by atoms with van der Waals surface area (Å²) < 4.78 is 1.92. The first-order chi connectivity index (χ1) is 9.49. The van der Waals surface area contributed by atoms with Crippen LogP contribution < -0.4 is 5.32 Å². The molecule has 1 N–H and O–H groups in total. The van der Waals surface area contributed by atoms with Gasteiger partial charge in [-0.25, -0.2) is 0 Å². The van der Waals surface area contributed by atoms with Gasteiger partial charge in [0, 0.05) is 32.2 Å². The molecule has 1 atom stereocenters. The van der Waals surface area contributed by atoms with Crippen LogP contribution in [0.3, 0.4) is 0 Å². The summed E-state index contributed by atoms with van der Waals surface area (Å²) in [6.45, 7) is 9.57. The molecule has 2 rings (SSSR count). The van der Waals surface area contributed by atoms with Gasteiger partial charge >= 0.3 is 0 Å². The lowest BCUT2D eigenvalue weighted by Gasteiger charge is -2.33. The fraction of sp³-hybridized carbons (Fsp3) is 0.800. The van der Waals surface area contributed by atoms with Gasteiger partial charge in [0.1, 0.15) is 0 Å². The van der Waals surface area contributed by atoms with Crippen LogP contribution in [0, 0.1) is 6.92 Å². The van der Waals surface area contributed by atoms with Gasteiger partial charge in [-0.1, -0.05) is 18.0 Å². The van der Waals surface area contributed by atoms with E-state index in [4.69, 9.17) is 11.6 Å². The zero-order chi connectivity index (χ0) is 14.7. The highest BCUT2D eigenvalue weighted by atomic mass is 35.5. The molecule has 20 heavy (non-hydrogen) atoms. The molecule has 1 unspecified atom stereocenters. The van der Waals surface area contributed by atoms with Crippen molar-refractivity contribution >= 4 is 11.6 Å². The highest BCUT2D eigenvalue weighted by Gasteiger charge is 2.21. The van der Waals surface area contributed by atoms with Crippen molar-refractivity contribution in [1.82, 2.24) is 20.0 Å². The number of nitrogens with zero attached hydrogens (tertiary/aromatic N) is 3. The zero-order valence-corrected chi connectivity index (χ0v) is 13.9. The Balaban J connectivity index is 2.05. The SMILES string of the molecule is Cc1nn(C)c(CN(CC2CCCCN2)C(C)C)c1Cl. The second kappa shape index (κ2) is 6.92. The molecule has 1 aromatic rings. The molecule has 114 valence electrons. The van der Waals surface area contributed by atoms with Crippen LogP contribution in [0.2, 0.25) is 5.02 Å². The Kier molecular flexibility index (Phi) is 5.47. The maximum atomic E-state index is 6.38. The summed E-state index contributed by atoms with van der Waals surface area (Å²) in [4.78, 5) is 2.49. The van der Waals surface area contributed by atoms with Gasteiger partial charge in [0.05, 0.1) is 16.4 Å². The van der Waals surface area contributed by atoms with Crippen molar-refractivity contribution in [2.75, 3.05) is 13.1 Å². The van der Waals surface area contributed by atoms with Crippen molar-refractivity contribution in [3.63, 3.8) is 0 Å². The van der Waals surface area contributed by atoms with E-state index in [1.54, 1.807) is 0 Å². The quantitative estimate of drug-likeness (QED) is 0.907. The van der Waals surface area contributed by atoms with E-state index in [1.165, 1.54) is 19.3 Å². The highest BCUT2D eigenvalue weighted by Crippen LogP contribution is 2.22. The third-order valence-corrected chi connectivity index (χ3v) is 4.70. The molecule has 1 aromatic heterocycles. The number of hydrogen-bond acceptors (Lipinski definition) is 3. The predicted octanol–water partition coefficient (Wildman–Crippen LogP) is 2.73. The van der Waals surface area contributed by atoms with Gasteiger partial charge in [-0.05, 0) is 40.2 Å². The van der Waals surface area contributed by atoms with Crippen molar-refractivity contribution in [2.45, 2.75) is 58.7 Å². The number of halogens is 1. The minimum atomic E-state index is 0.505. The van der Waals surface area contributed by atoms with Crippen molar-refractivity contribution in [3.05, 3.63) is 16.4 Å². The van der Waals surface area contributed by atoms with E-state index in [1.807, 2.05) is 18.7 Å². The molecule has 0 aliphatic carbocycles. The van der Waals surface area contributed by atoms with Crippen LogP contribution >= 0.6 is 11.6 Å². The molecule has 1 fully saturated rings. The minimum absolute atomic E-state index is 0.505. The average Bonchev–Trinajstić information content (AvgIpc) is 2.65. The first-order valence-electron chi connectivity index (χ1n) is 7.64. The van der Waals surface area contributed by atoms with Crippen molar-refractivity contribution in [3.8, 4) is 0 Å². The molecule has 5 heteroatoms. The molecule has 4 nitrogen and oxygen atoms in total. The Hall–Kier alpha value is -0.580. The Labute approximate surface area is 127 Å². The fourth-order valence-electron chi connectivity index (χ4n) is 2.87. The van der Waals surface area contributed by atoms with E-state index in [2.05, 4.69) is 29.2 Å². The molecule has 1 saturated heterocycles. The van der Waals surface area contributed by atoms with Crippen molar-refractivity contribution in [2.24, 2.45) is 7.05 Å². The summed E-state index contributed by atoms with van der Waals surface area (Å²) in [5, 5.41) is 8.85. The third-order valence-electron chi connectivity index (χ3n) is 4.21. The van der Waals surface area contributed by atoms with Gasteiger partial charge < -0.3 is 5.32 Å². The Bertz CT molecular complexity index is 435. The van der Waals surface area contributed by atoms with Crippen LogP contribution in [-0.2, 0) is 13.6 Å². The smallest absolute Gasteiger partial charge is 0.0860 e. The summed E-state index contributed by atoms with van der Waals surface area (Å²) in [5.41, 5.74) is 2.04. The summed E-state index contributed by atoms with van der Waals surface area (Å²) >= 11 is 6.38. The summed E-state index contributed by atoms with van der Waals surface area (Å²) in [7, 11) is 1.98. The summed E-state index contributed by atoms with van der Waals surface area (Å²) in [5.74, 6) is 0. The second-order valence-electron chi connectivity index (χ2n) is 6.14. The molecule has 1 aliphatic rings. The Morgan fingerprint density at radius 1 is 1.45 bits per heavy atom. The molecule has 0 saturated carbocycles. The number of piperidine rings is 1. The average molecular weight is 299 g/mol. The van der Waals surface area contributed by atoms with E-state index in [0.29, 0.717) is 12.1 Å². The Morgan fingerprint density at radius 3 is 2.70 bits per heavy atom. The number of rotatable bonds is 5. The van der Waals surface area contributed by atoms with E-state index in [0.717, 1.165) is 36.0 Å². The lowest BCUT2D eigenvalue weighted by molar-refractivity contribution is 0.173. The standard InChI is InChI=1S/C15H27ClN4/c1-11(2)20(9-13-7-5-6-8-17-13)10-14-15(16)12(3)18-19(14)4/h11,13,17H,5-10H2,1-4H3. The topological polar surface area (TPSA) is 33.1 Å². The van der Waals surface area contributed by atoms with Crippen LogP contribution in [0.25, 0.3) is 0 Å². The van der Waals surface area contributed by atoms with E-state index < -0.39 is 0 Å². The summed E-state index contributed by atoms with van der Waals surface area (Å²) in [6, 6.07) is 1.12. The number of aromatic nitrogens is 2. The molecule has 0 spiro atoms. The lowest BCUT2D eigenvalue weighted by Crippen LogP contribution is -2.45. The predicted molar refractivity (Wildman–Crippen MR) is 84.1 cm³/mol. The van der Waals surface area contributed by atoms with Gasteiger partial charge in [-0.2, -0.15) is 5.10 Å². The van der Waals surface area contributed by atoms with Crippen LogP contribution in [0.15, 0.2) is 0 Å². The largest absolute Gasteiger partial charge is 0.313 e. The van der Waals surface area contributed by atoms with E-state index in [9.17, 15) is 0 Å². The molecule has 1 aliphatic heterocycles. The van der Waals surface area contributed by atoms with Crippen LogP contribution in [0.1, 0.15) is 44.5 Å². The molecule has 0 bridgehead atoms. The third kappa shape index (κ3) is 3.74. The zero-order valence-electron chi connectivity index (χ0n) is 13.1. The van der Waals surface area contributed by atoms with Crippen LogP contribution in [0.4, 0.5) is 0 Å². The van der Waals surface area contributed by atoms with Gasteiger partial charge in [0.15, 0.2) is 0 Å². The normalized spacial score (nSPS) is 20.1. The molecule has 0 amide bonds. The maximum Gasteiger partial charge on any atom is 0.0860 e. The first-order valence-corrected chi connectivity index (χ1v) is 8.02. The van der Waals surface area contributed by atoms with Gasteiger partial charge in [-0.3, -0.25) is 9.58 Å². The minimum Gasteiger partial charge on any atom is -0.313 e.